The number of hydrogen-bond acceptors (Lipinski definition) is 6. The minimum Gasteiger partial charge on any atom is -0.383 e. The van der Waals surface area contributed by atoms with Crippen LogP contribution in [0.5, 0.6) is 0 Å². The standard InChI is InChI=1S/C26H23FN4OS/c27-15-11-9-14(10-12-15)21-17(13-28)25-30-24(29)22-16-5-2-1-3-8-20(16)33-26(22)31(25)18-6-4-7-19(32)23(18)21/h9-12,21H,1-8H2,(H2,29,30)/t21-/m0/s1. The minimum atomic E-state index is -0.555. The van der Waals surface area contributed by atoms with Crippen LogP contribution in [0.4, 0.5) is 9.39 Å². The Labute approximate surface area is 195 Å². The SMILES string of the molecule is N#CC1=C2N=C(N)c3c(sc4c3CCCCC4)N2C2=C(C(=O)CCC2)[C@H]1c1ccc(F)cc1. The molecule has 7 heteroatoms. The quantitative estimate of drug-likeness (QED) is 0.594. The molecule has 1 atom stereocenters. The van der Waals surface area contributed by atoms with E-state index in [-0.39, 0.29) is 11.6 Å². The van der Waals surface area contributed by atoms with E-state index in [4.69, 9.17) is 10.7 Å². The van der Waals surface area contributed by atoms with Crippen molar-refractivity contribution < 1.29 is 9.18 Å². The molecule has 1 aromatic heterocycles. The predicted molar refractivity (Wildman–Crippen MR) is 126 cm³/mol. The molecule has 2 aliphatic heterocycles. The molecule has 1 aromatic carbocycles. The summed E-state index contributed by atoms with van der Waals surface area (Å²) in [7, 11) is 0. The molecule has 0 unspecified atom stereocenters. The molecule has 0 saturated carbocycles. The Balaban J connectivity index is 1.62. The van der Waals surface area contributed by atoms with Crippen molar-refractivity contribution in [3.8, 4) is 6.07 Å². The Kier molecular flexibility index (Phi) is 4.73. The van der Waals surface area contributed by atoms with Gasteiger partial charge in [-0.3, -0.25) is 9.69 Å². The van der Waals surface area contributed by atoms with E-state index in [0.29, 0.717) is 29.2 Å². The highest BCUT2D eigenvalue weighted by Gasteiger charge is 2.44. The van der Waals surface area contributed by atoms with Crippen LogP contribution in [0.1, 0.15) is 66.0 Å². The van der Waals surface area contributed by atoms with Gasteiger partial charge in [-0.2, -0.15) is 5.26 Å². The average Bonchev–Trinajstić information content (AvgIpc) is 3.02. The number of aliphatic imine (C=N–C) groups is 1. The van der Waals surface area contributed by atoms with E-state index in [1.807, 2.05) is 0 Å². The zero-order chi connectivity index (χ0) is 22.7. The van der Waals surface area contributed by atoms with Crippen molar-refractivity contribution in [3.63, 3.8) is 0 Å². The fourth-order valence-electron chi connectivity index (χ4n) is 5.68. The zero-order valence-corrected chi connectivity index (χ0v) is 19.0. The molecule has 3 heterocycles. The van der Waals surface area contributed by atoms with Gasteiger partial charge in [0.05, 0.1) is 23.1 Å². The fraction of sp³-hybridized carbons (Fsp3) is 0.346. The van der Waals surface area contributed by atoms with Crippen LogP contribution in [-0.4, -0.2) is 11.6 Å². The number of thiophene rings is 1. The first-order chi connectivity index (χ1) is 16.1. The summed E-state index contributed by atoms with van der Waals surface area (Å²) in [6.45, 7) is 0. The van der Waals surface area contributed by atoms with Gasteiger partial charge in [-0.25, -0.2) is 9.38 Å². The molecule has 2 N–H and O–H groups in total. The van der Waals surface area contributed by atoms with Gasteiger partial charge >= 0.3 is 0 Å². The molecule has 2 aromatic rings. The lowest BCUT2D eigenvalue weighted by molar-refractivity contribution is -0.116. The number of aryl methyl sites for hydroxylation is 1. The number of fused-ring (bicyclic) bond motifs is 6. The smallest absolute Gasteiger partial charge is 0.161 e. The fourth-order valence-corrected chi connectivity index (χ4v) is 7.11. The summed E-state index contributed by atoms with van der Waals surface area (Å²) < 4.78 is 13.7. The normalized spacial score (nSPS) is 22.1. The second-order valence-electron chi connectivity index (χ2n) is 9.05. The lowest BCUT2D eigenvalue weighted by atomic mass is 9.75. The Morgan fingerprint density at radius 2 is 1.88 bits per heavy atom. The van der Waals surface area contributed by atoms with E-state index in [2.05, 4.69) is 11.0 Å². The third-order valence-electron chi connectivity index (χ3n) is 7.14. The molecule has 2 aliphatic carbocycles. The second kappa shape index (κ2) is 7.67. The minimum absolute atomic E-state index is 0.0552. The topological polar surface area (TPSA) is 82.5 Å². The highest BCUT2D eigenvalue weighted by molar-refractivity contribution is 7.17. The van der Waals surface area contributed by atoms with Gasteiger partial charge < -0.3 is 5.73 Å². The number of rotatable bonds is 1. The van der Waals surface area contributed by atoms with Gasteiger partial charge in [0.1, 0.15) is 16.7 Å². The van der Waals surface area contributed by atoms with Crippen molar-refractivity contribution in [2.45, 2.75) is 57.3 Å². The number of halogens is 1. The van der Waals surface area contributed by atoms with Gasteiger partial charge in [0.25, 0.3) is 0 Å². The number of Topliss-reactive ketones (excluding diaryl/α,β-unsaturated/α-hetero) is 1. The first-order valence-corrected chi connectivity index (χ1v) is 12.3. The van der Waals surface area contributed by atoms with Gasteiger partial charge in [0, 0.05) is 22.6 Å². The van der Waals surface area contributed by atoms with Crippen LogP contribution < -0.4 is 10.6 Å². The summed E-state index contributed by atoms with van der Waals surface area (Å²) in [4.78, 5) is 21.5. The maximum Gasteiger partial charge on any atom is 0.161 e. The second-order valence-corrected chi connectivity index (χ2v) is 10.1. The maximum atomic E-state index is 13.7. The zero-order valence-electron chi connectivity index (χ0n) is 18.2. The summed E-state index contributed by atoms with van der Waals surface area (Å²) in [6, 6.07) is 8.42. The highest BCUT2D eigenvalue weighted by atomic mass is 32.1. The Hall–Kier alpha value is -3.24. The number of carbonyl (C=O) groups is 1. The third-order valence-corrected chi connectivity index (χ3v) is 8.42. The van der Waals surface area contributed by atoms with Crippen LogP contribution >= 0.6 is 11.3 Å². The summed E-state index contributed by atoms with van der Waals surface area (Å²) in [5.74, 6) is 0.116. The summed E-state index contributed by atoms with van der Waals surface area (Å²) in [6.07, 6.45) is 7.47. The van der Waals surface area contributed by atoms with Crippen LogP contribution in [0.15, 0.2) is 51.9 Å². The molecule has 6 rings (SSSR count). The molecule has 0 amide bonds. The summed E-state index contributed by atoms with van der Waals surface area (Å²) in [5, 5.41) is 11.3. The number of hydrogen-bond donors (Lipinski definition) is 1. The summed E-state index contributed by atoms with van der Waals surface area (Å²) in [5.41, 5.74) is 11.5. The van der Waals surface area contributed by atoms with E-state index in [0.717, 1.165) is 60.3 Å². The van der Waals surface area contributed by atoms with E-state index in [9.17, 15) is 14.4 Å². The number of allylic oxidation sites excluding steroid dienone is 3. The Morgan fingerprint density at radius 3 is 2.67 bits per heavy atom. The van der Waals surface area contributed by atoms with Gasteiger partial charge in [0.15, 0.2) is 11.6 Å². The monoisotopic (exact) mass is 458 g/mol. The van der Waals surface area contributed by atoms with Crippen molar-refractivity contribution in [1.29, 1.82) is 5.26 Å². The molecule has 5 nitrogen and oxygen atoms in total. The van der Waals surface area contributed by atoms with E-state index in [1.54, 1.807) is 23.5 Å². The number of anilines is 1. The molecule has 0 bridgehead atoms. The Bertz CT molecular complexity index is 1330. The first-order valence-electron chi connectivity index (χ1n) is 11.5. The number of nitrogens with two attached hydrogens (primary N) is 1. The number of carbonyl (C=O) groups excluding carboxylic acids is 1. The van der Waals surface area contributed by atoms with Crippen molar-refractivity contribution in [1.82, 2.24) is 0 Å². The maximum absolute atomic E-state index is 13.7. The van der Waals surface area contributed by atoms with Gasteiger partial charge in [-0.1, -0.05) is 18.6 Å². The van der Waals surface area contributed by atoms with Gasteiger partial charge in [-0.05, 0) is 61.8 Å². The lowest BCUT2D eigenvalue weighted by Crippen LogP contribution is -2.38. The molecule has 33 heavy (non-hydrogen) atoms. The molecular formula is C26H23FN4OS. The molecular weight excluding hydrogens is 435 g/mol. The lowest BCUT2D eigenvalue weighted by Gasteiger charge is -2.40. The van der Waals surface area contributed by atoms with Crippen LogP contribution in [-0.2, 0) is 17.6 Å². The number of nitrogens with zero attached hydrogens (tertiary/aromatic N) is 3. The van der Waals surface area contributed by atoms with Crippen LogP contribution in [0.2, 0.25) is 0 Å². The van der Waals surface area contributed by atoms with Crippen molar-refractivity contribution >= 4 is 28.0 Å². The average molecular weight is 459 g/mol. The van der Waals surface area contributed by atoms with Crippen molar-refractivity contribution in [2.24, 2.45) is 10.7 Å². The number of amidine groups is 1. The van der Waals surface area contributed by atoms with Crippen molar-refractivity contribution in [3.05, 3.63) is 74.3 Å². The van der Waals surface area contributed by atoms with Crippen molar-refractivity contribution in [2.75, 3.05) is 4.90 Å². The third kappa shape index (κ3) is 3.01. The number of nitriles is 1. The predicted octanol–water partition coefficient (Wildman–Crippen LogP) is 5.22. The highest BCUT2D eigenvalue weighted by Crippen LogP contribution is 2.52. The van der Waals surface area contributed by atoms with E-state index >= 15 is 0 Å². The first kappa shape index (κ1) is 20.4. The molecule has 4 aliphatic rings. The van der Waals surface area contributed by atoms with Crippen LogP contribution in [0, 0.1) is 17.1 Å². The largest absolute Gasteiger partial charge is 0.383 e. The molecule has 0 spiro atoms. The van der Waals surface area contributed by atoms with E-state index in [1.165, 1.54) is 29.0 Å². The summed E-state index contributed by atoms with van der Waals surface area (Å²) >= 11 is 1.74. The van der Waals surface area contributed by atoms with Crippen LogP contribution in [0.3, 0.4) is 0 Å². The van der Waals surface area contributed by atoms with E-state index < -0.39 is 5.92 Å². The van der Waals surface area contributed by atoms with Crippen LogP contribution in [0.25, 0.3) is 0 Å². The molecule has 0 saturated heterocycles. The van der Waals surface area contributed by atoms with Gasteiger partial charge in [0.2, 0.25) is 0 Å². The Morgan fingerprint density at radius 1 is 1.09 bits per heavy atom. The molecule has 0 fully saturated rings. The molecule has 166 valence electrons. The molecule has 0 radical (unpaired) electrons. The number of benzene rings is 1. The van der Waals surface area contributed by atoms with Gasteiger partial charge in [-0.15, -0.1) is 11.3 Å². The number of ketones is 1.